The first-order valence-electron chi connectivity index (χ1n) is 13.6. The Balaban J connectivity index is 1.94. The summed E-state index contributed by atoms with van der Waals surface area (Å²) in [5.74, 6) is 4.70. The molecule has 0 aromatic heterocycles. The highest BCUT2D eigenvalue weighted by molar-refractivity contribution is 7.98. The zero-order chi connectivity index (χ0) is 29.2. The maximum atomic E-state index is 11.7. The Morgan fingerprint density at radius 2 is 1.05 bits per heavy atom. The van der Waals surface area contributed by atoms with E-state index < -0.39 is 0 Å². The van der Waals surface area contributed by atoms with Gasteiger partial charge in [0.25, 0.3) is 5.69 Å². The minimum Gasteiger partial charge on any atom is -0.496 e. The smallest absolute Gasteiger partial charge is 0.270 e. The van der Waals surface area contributed by atoms with Gasteiger partial charge in [0, 0.05) is 52.7 Å². The Hall–Kier alpha value is -2.64. The van der Waals surface area contributed by atoms with Gasteiger partial charge in [-0.05, 0) is 44.2 Å². The van der Waals surface area contributed by atoms with E-state index in [-0.39, 0.29) is 21.4 Å². The summed E-state index contributed by atoms with van der Waals surface area (Å²) >= 11 is 3.52. The number of thioether (sulfide) groups is 2. The number of methoxy groups -OCH3 is 2. The summed E-state index contributed by atoms with van der Waals surface area (Å²) in [6.45, 7) is 13.4. The average molecular weight is 580 g/mol. The minimum atomic E-state index is -0.287. The molecule has 6 bridgehead atoms. The van der Waals surface area contributed by atoms with Crippen LogP contribution in [-0.4, -0.2) is 19.1 Å². The molecule has 1 aliphatic rings. The maximum absolute atomic E-state index is 11.7. The van der Waals surface area contributed by atoms with Crippen LogP contribution in [0.1, 0.15) is 86.1 Å². The van der Waals surface area contributed by atoms with E-state index in [0.29, 0.717) is 17.9 Å². The van der Waals surface area contributed by atoms with Crippen molar-refractivity contribution in [3.63, 3.8) is 0 Å². The van der Waals surface area contributed by atoms with Crippen molar-refractivity contribution in [1.29, 1.82) is 0 Å². The van der Waals surface area contributed by atoms with Gasteiger partial charge in [0.05, 0.1) is 19.1 Å². The van der Waals surface area contributed by atoms with Crippen LogP contribution in [0.2, 0.25) is 0 Å². The molecule has 1 heterocycles. The van der Waals surface area contributed by atoms with Crippen molar-refractivity contribution in [1.82, 2.24) is 0 Å². The molecule has 0 radical (unpaired) electrons. The molecule has 0 saturated carbocycles. The summed E-state index contributed by atoms with van der Waals surface area (Å²) in [6, 6.07) is 14.6. The van der Waals surface area contributed by atoms with Crippen molar-refractivity contribution in [2.45, 2.75) is 81.8 Å². The van der Waals surface area contributed by atoms with E-state index in [9.17, 15) is 10.1 Å². The van der Waals surface area contributed by atoms with Crippen molar-refractivity contribution in [2.24, 2.45) is 0 Å². The number of hydrogen-bond donors (Lipinski definition) is 0. The Kier molecular flexibility index (Phi) is 9.15. The Morgan fingerprint density at radius 1 is 0.650 bits per heavy atom. The highest BCUT2D eigenvalue weighted by Crippen LogP contribution is 2.40. The lowest BCUT2D eigenvalue weighted by molar-refractivity contribution is -0.385. The van der Waals surface area contributed by atoms with Crippen molar-refractivity contribution >= 4 is 29.2 Å². The van der Waals surface area contributed by atoms with Gasteiger partial charge < -0.3 is 9.47 Å². The third kappa shape index (κ3) is 6.98. The normalized spacial score (nSPS) is 14.5. The predicted octanol–water partition coefficient (Wildman–Crippen LogP) is 8.98. The molecule has 40 heavy (non-hydrogen) atoms. The molecule has 0 atom stereocenters. The van der Waals surface area contributed by atoms with Crippen LogP contribution in [-0.2, 0) is 40.3 Å². The molecule has 0 fully saturated rings. The number of nitro groups is 1. The number of fused-ring (bicyclic) bond motifs is 6. The van der Waals surface area contributed by atoms with Crippen molar-refractivity contribution < 1.29 is 14.4 Å². The van der Waals surface area contributed by atoms with Gasteiger partial charge in [-0.2, -0.15) is 23.5 Å². The fraction of sp³-hybridized carbons (Fsp3) is 0.455. The van der Waals surface area contributed by atoms with Crippen LogP contribution in [0.4, 0.5) is 5.69 Å². The first kappa shape index (κ1) is 30.3. The first-order chi connectivity index (χ1) is 18.8. The van der Waals surface area contributed by atoms with Crippen LogP contribution in [0.3, 0.4) is 0 Å². The number of ether oxygens (including phenoxy) is 2. The van der Waals surface area contributed by atoms with Gasteiger partial charge in [0.1, 0.15) is 11.5 Å². The van der Waals surface area contributed by atoms with Gasteiger partial charge in [-0.1, -0.05) is 71.9 Å². The van der Waals surface area contributed by atoms with E-state index in [2.05, 4.69) is 71.9 Å². The highest BCUT2D eigenvalue weighted by atomic mass is 32.2. The van der Waals surface area contributed by atoms with Crippen molar-refractivity contribution in [2.75, 3.05) is 14.2 Å². The van der Waals surface area contributed by atoms with Gasteiger partial charge in [-0.25, -0.2) is 0 Å². The van der Waals surface area contributed by atoms with Gasteiger partial charge in [0.2, 0.25) is 0 Å². The molecule has 0 saturated heterocycles. The fourth-order valence-electron chi connectivity index (χ4n) is 5.15. The molecule has 4 rings (SSSR count). The molecule has 3 aromatic rings. The van der Waals surface area contributed by atoms with Crippen LogP contribution in [0.25, 0.3) is 0 Å². The second kappa shape index (κ2) is 12.1. The maximum Gasteiger partial charge on any atom is 0.270 e. The molecule has 0 N–H and O–H groups in total. The van der Waals surface area contributed by atoms with Crippen LogP contribution in [0.15, 0.2) is 42.5 Å². The lowest BCUT2D eigenvalue weighted by Crippen LogP contribution is -2.15. The summed E-state index contributed by atoms with van der Waals surface area (Å²) in [6.07, 6.45) is 0.709. The third-order valence-electron chi connectivity index (χ3n) is 7.31. The second-order valence-corrected chi connectivity index (χ2v) is 14.6. The lowest BCUT2D eigenvalue weighted by Gasteiger charge is -2.26. The lowest BCUT2D eigenvalue weighted by atomic mass is 9.82. The third-order valence-corrected chi connectivity index (χ3v) is 9.41. The monoisotopic (exact) mass is 579 g/mol. The van der Waals surface area contributed by atoms with E-state index in [1.165, 1.54) is 11.1 Å². The SMILES string of the molecule is COc1c2cc(C(C)(C)C)cc1Cc1cc(C(C)(C)C)cc(c1OC)CSCc1cc(cc([N+](=O)[O-])c1)CSC2. The van der Waals surface area contributed by atoms with Crippen molar-refractivity contribution in [3.05, 3.63) is 97.1 Å². The van der Waals surface area contributed by atoms with Crippen LogP contribution >= 0.6 is 23.5 Å². The number of rotatable bonds is 3. The van der Waals surface area contributed by atoms with Crippen LogP contribution in [0.5, 0.6) is 11.5 Å². The summed E-state index contributed by atoms with van der Waals surface area (Å²) in [7, 11) is 3.50. The second-order valence-electron chi connectivity index (χ2n) is 12.6. The van der Waals surface area contributed by atoms with Gasteiger partial charge in [-0.15, -0.1) is 0 Å². The molecule has 214 valence electrons. The average Bonchev–Trinajstić information content (AvgIpc) is 2.86. The molecule has 5 nitrogen and oxygen atoms in total. The molecule has 0 spiro atoms. The topological polar surface area (TPSA) is 61.6 Å². The number of benzene rings is 3. The molecule has 7 heteroatoms. The highest BCUT2D eigenvalue weighted by Gasteiger charge is 2.24. The van der Waals surface area contributed by atoms with Crippen LogP contribution in [0, 0.1) is 10.1 Å². The minimum absolute atomic E-state index is 0.0324. The van der Waals surface area contributed by atoms with Crippen molar-refractivity contribution in [3.8, 4) is 11.5 Å². The number of nitrogens with zero attached hydrogens (tertiary/aromatic N) is 1. The van der Waals surface area contributed by atoms with E-state index in [1.807, 2.05) is 0 Å². The van der Waals surface area contributed by atoms with Gasteiger partial charge >= 0.3 is 0 Å². The summed E-state index contributed by atoms with van der Waals surface area (Å²) in [5.41, 5.74) is 9.16. The molecule has 1 aliphatic heterocycles. The molecular weight excluding hydrogens is 539 g/mol. The number of nitro benzene ring substituents is 1. The predicted molar refractivity (Wildman–Crippen MR) is 169 cm³/mol. The first-order valence-corrected chi connectivity index (χ1v) is 15.9. The molecule has 0 amide bonds. The quantitative estimate of drug-likeness (QED) is 0.228. The summed E-state index contributed by atoms with van der Waals surface area (Å²) in [4.78, 5) is 11.4. The summed E-state index contributed by atoms with van der Waals surface area (Å²) in [5, 5.41) is 11.7. The molecule has 0 aliphatic carbocycles. The fourth-order valence-corrected chi connectivity index (χ4v) is 7.03. The standard InChI is InChI=1S/C33H41NO4S2/c1-32(2,3)27-13-23-12-24-14-28(33(4,5)6)16-26(31(24)38-8)20-40-18-22-9-21(10-29(11-22)34(35)36)17-39-19-25(15-27)30(23)37-7/h9-11,13-16H,12,17-20H2,1-8H3. The number of hydrogen-bond acceptors (Lipinski definition) is 6. The largest absolute Gasteiger partial charge is 0.496 e. The zero-order valence-electron chi connectivity index (χ0n) is 25.0. The molecule has 0 unspecified atom stereocenters. The zero-order valence-corrected chi connectivity index (χ0v) is 26.6. The molecular formula is C33H41NO4S2. The Morgan fingerprint density at radius 3 is 1.40 bits per heavy atom. The van der Waals surface area contributed by atoms with Crippen LogP contribution < -0.4 is 9.47 Å². The number of non-ortho nitro benzene ring substituents is 1. The Bertz CT molecular complexity index is 1310. The van der Waals surface area contributed by atoms with E-state index >= 15 is 0 Å². The van der Waals surface area contributed by atoms with E-state index in [1.54, 1.807) is 49.9 Å². The Labute approximate surface area is 247 Å². The molecule has 3 aromatic carbocycles. The van der Waals surface area contributed by atoms with E-state index in [0.717, 1.165) is 56.4 Å². The van der Waals surface area contributed by atoms with Gasteiger partial charge in [0.15, 0.2) is 0 Å². The summed E-state index contributed by atoms with van der Waals surface area (Å²) < 4.78 is 12.2. The van der Waals surface area contributed by atoms with E-state index in [4.69, 9.17) is 9.47 Å². The van der Waals surface area contributed by atoms with Gasteiger partial charge in [-0.3, -0.25) is 10.1 Å².